The van der Waals surface area contributed by atoms with Crippen molar-refractivity contribution in [3.63, 3.8) is 0 Å². The van der Waals surface area contributed by atoms with Gasteiger partial charge in [-0.25, -0.2) is 4.98 Å². The lowest BCUT2D eigenvalue weighted by Crippen LogP contribution is -2.27. The first-order valence-corrected chi connectivity index (χ1v) is 10.1. The monoisotopic (exact) mass is 372 g/mol. The van der Waals surface area contributed by atoms with E-state index in [1.807, 2.05) is 24.1 Å². The molecule has 0 unspecified atom stereocenters. The summed E-state index contributed by atoms with van der Waals surface area (Å²) in [4.78, 5) is 18.8. The van der Waals surface area contributed by atoms with Gasteiger partial charge in [0, 0.05) is 32.3 Å². The molecule has 8 heteroatoms. The molecule has 2 aromatic heterocycles. The highest BCUT2D eigenvalue weighted by Crippen LogP contribution is 2.29. The average molecular weight is 372 g/mol. The molecule has 2 fully saturated rings. The number of carbonyl (C=O) groups is 1. The maximum absolute atomic E-state index is 12.4. The number of rotatable bonds is 4. The summed E-state index contributed by atoms with van der Waals surface area (Å²) in [5.41, 5.74) is 0.657. The van der Waals surface area contributed by atoms with Crippen LogP contribution in [0.25, 0.3) is 0 Å². The molecule has 2 saturated heterocycles. The molecule has 0 aliphatic carbocycles. The smallest absolute Gasteiger partial charge is 0.255 e. The summed E-state index contributed by atoms with van der Waals surface area (Å²) >= 11 is 1.49. The summed E-state index contributed by atoms with van der Waals surface area (Å²) in [5, 5.41) is 13.8. The van der Waals surface area contributed by atoms with Gasteiger partial charge in [-0.05, 0) is 62.7 Å². The zero-order valence-corrected chi connectivity index (χ0v) is 15.8. The van der Waals surface area contributed by atoms with Gasteiger partial charge in [-0.1, -0.05) is 0 Å². The van der Waals surface area contributed by atoms with Crippen molar-refractivity contribution in [3.05, 3.63) is 29.7 Å². The Bertz CT molecular complexity index is 762. The van der Waals surface area contributed by atoms with Crippen LogP contribution in [0, 0.1) is 0 Å². The largest absolute Gasteiger partial charge is 0.339 e. The minimum atomic E-state index is 0.0819. The van der Waals surface area contributed by atoms with Gasteiger partial charge in [-0.3, -0.25) is 4.79 Å². The Hall–Kier alpha value is -1.93. The van der Waals surface area contributed by atoms with Crippen molar-refractivity contribution >= 4 is 17.7 Å². The standard InChI is InChI=1S/C18H24N6OS/c1-23-16(13-6-8-19-9-7-13)21-22-18(23)26-15-5-4-14(12-20-15)17(25)24-10-2-3-11-24/h4-5,12-13,19H,2-3,6-11H2,1H3. The van der Waals surface area contributed by atoms with Crippen LogP contribution in [0.5, 0.6) is 0 Å². The molecule has 7 nitrogen and oxygen atoms in total. The maximum atomic E-state index is 12.4. The summed E-state index contributed by atoms with van der Waals surface area (Å²) in [7, 11) is 2.02. The van der Waals surface area contributed by atoms with E-state index in [0.717, 1.165) is 67.9 Å². The molecule has 1 N–H and O–H groups in total. The lowest BCUT2D eigenvalue weighted by Gasteiger charge is -2.21. The quantitative estimate of drug-likeness (QED) is 0.885. The fraction of sp³-hybridized carbons (Fsp3) is 0.556. The summed E-state index contributed by atoms with van der Waals surface area (Å²) < 4.78 is 2.08. The van der Waals surface area contributed by atoms with Gasteiger partial charge in [0.25, 0.3) is 5.91 Å². The van der Waals surface area contributed by atoms with Crippen molar-refractivity contribution in [2.75, 3.05) is 26.2 Å². The van der Waals surface area contributed by atoms with Crippen LogP contribution in [0.15, 0.2) is 28.5 Å². The van der Waals surface area contributed by atoms with Crippen LogP contribution < -0.4 is 5.32 Å². The number of nitrogens with zero attached hydrogens (tertiary/aromatic N) is 5. The molecule has 1 amide bonds. The topological polar surface area (TPSA) is 75.9 Å². The fourth-order valence-electron chi connectivity index (χ4n) is 3.61. The molecule has 26 heavy (non-hydrogen) atoms. The van der Waals surface area contributed by atoms with Crippen molar-refractivity contribution in [3.8, 4) is 0 Å². The Kier molecular flexibility index (Phi) is 5.21. The van der Waals surface area contributed by atoms with E-state index in [-0.39, 0.29) is 5.91 Å². The van der Waals surface area contributed by atoms with Crippen LogP contribution in [0.2, 0.25) is 0 Å². The van der Waals surface area contributed by atoms with Crippen molar-refractivity contribution in [2.45, 2.75) is 41.8 Å². The number of amides is 1. The van der Waals surface area contributed by atoms with Crippen molar-refractivity contribution in [2.24, 2.45) is 7.05 Å². The lowest BCUT2D eigenvalue weighted by atomic mass is 9.97. The van der Waals surface area contributed by atoms with E-state index in [1.165, 1.54) is 11.8 Å². The number of nitrogens with one attached hydrogen (secondary N) is 1. The van der Waals surface area contributed by atoms with Gasteiger partial charge in [-0.2, -0.15) is 0 Å². The highest BCUT2D eigenvalue weighted by molar-refractivity contribution is 7.99. The number of aromatic nitrogens is 4. The summed E-state index contributed by atoms with van der Waals surface area (Å²) in [6.07, 6.45) is 6.06. The molecule has 0 aromatic carbocycles. The second-order valence-electron chi connectivity index (χ2n) is 6.91. The van der Waals surface area contributed by atoms with Crippen LogP contribution in [0.3, 0.4) is 0 Å². The molecule has 0 radical (unpaired) electrons. The molecule has 138 valence electrons. The third-order valence-electron chi connectivity index (χ3n) is 5.15. The Morgan fingerprint density at radius 2 is 1.96 bits per heavy atom. The van der Waals surface area contributed by atoms with Crippen molar-refractivity contribution < 1.29 is 4.79 Å². The number of hydrogen-bond acceptors (Lipinski definition) is 6. The zero-order chi connectivity index (χ0) is 17.9. The summed E-state index contributed by atoms with van der Waals surface area (Å²) in [6.45, 7) is 3.78. The first-order valence-electron chi connectivity index (χ1n) is 9.25. The Morgan fingerprint density at radius 1 is 1.19 bits per heavy atom. The number of hydrogen-bond donors (Lipinski definition) is 1. The van der Waals surface area contributed by atoms with E-state index in [0.29, 0.717) is 11.5 Å². The number of pyridine rings is 1. The van der Waals surface area contributed by atoms with E-state index in [4.69, 9.17) is 0 Å². The first kappa shape index (κ1) is 17.5. The van der Waals surface area contributed by atoms with E-state index in [9.17, 15) is 4.79 Å². The molecular formula is C18H24N6OS. The van der Waals surface area contributed by atoms with Gasteiger partial charge in [-0.15, -0.1) is 10.2 Å². The van der Waals surface area contributed by atoms with Gasteiger partial charge in [0.2, 0.25) is 0 Å². The second-order valence-corrected chi connectivity index (χ2v) is 7.90. The molecule has 0 atom stereocenters. The van der Waals surface area contributed by atoms with Crippen LogP contribution in [0.1, 0.15) is 47.8 Å². The predicted octanol–water partition coefficient (Wildman–Crippen LogP) is 2.06. The molecule has 2 aliphatic heterocycles. The molecule has 0 spiro atoms. The molecule has 2 aliphatic rings. The average Bonchev–Trinajstić information content (AvgIpc) is 3.34. The summed E-state index contributed by atoms with van der Waals surface area (Å²) in [6, 6.07) is 3.76. The Morgan fingerprint density at radius 3 is 2.65 bits per heavy atom. The molecule has 4 rings (SSSR count). The van der Waals surface area contributed by atoms with Gasteiger partial charge in [0.05, 0.1) is 5.56 Å². The van der Waals surface area contributed by atoms with Crippen molar-refractivity contribution in [1.82, 2.24) is 30.0 Å². The number of piperidine rings is 1. The number of carbonyl (C=O) groups excluding carboxylic acids is 1. The number of likely N-dealkylation sites (tertiary alicyclic amines) is 1. The Labute approximate surface area is 157 Å². The van der Waals surface area contributed by atoms with Gasteiger partial charge in [0.15, 0.2) is 5.16 Å². The highest BCUT2D eigenvalue weighted by atomic mass is 32.2. The first-order chi connectivity index (χ1) is 12.7. The van der Waals surface area contributed by atoms with Crippen LogP contribution in [-0.4, -0.2) is 56.7 Å². The second kappa shape index (κ2) is 7.75. The SMILES string of the molecule is Cn1c(Sc2ccc(C(=O)N3CCCC3)cn2)nnc1C1CCNCC1. The van der Waals surface area contributed by atoms with E-state index in [2.05, 4.69) is 25.1 Å². The molecule has 0 saturated carbocycles. The molecular weight excluding hydrogens is 348 g/mol. The van der Waals surface area contributed by atoms with Crippen LogP contribution >= 0.6 is 11.8 Å². The lowest BCUT2D eigenvalue weighted by molar-refractivity contribution is 0.0792. The molecule has 4 heterocycles. The van der Waals surface area contributed by atoms with E-state index < -0.39 is 0 Å². The van der Waals surface area contributed by atoms with E-state index in [1.54, 1.807) is 6.20 Å². The zero-order valence-electron chi connectivity index (χ0n) is 15.0. The third kappa shape index (κ3) is 3.61. The highest BCUT2D eigenvalue weighted by Gasteiger charge is 2.23. The van der Waals surface area contributed by atoms with Crippen LogP contribution in [-0.2, 0) is 7.05 Å². The Balaban J connectivity index is 1.44. The minimum absolute atomic E-state index is 0.0819. The van der Waals surface area contributed by atoms with Crippen LogP contribution in [0.4, 0.5) is 0 Å². The molecule has 2 aromatic rings. The van der Waals surface area contributed by atoms with Gasteiger partial charge in [0.1, 0.15) is 10.9 Å². The third-order valence-corrected chi connectivity index (χ3v) is 6.13. The summed E-state index contributed by atoms with van der Waals surface area (Å²) in [5.74, 6) is 1.60. The minimum Gasteiger partial charge on any atom is -0.339 e. The van der Waals surface area contributed by atoms with Gasteiger partial charge >= 0.3 is 0 Å². The fourth-order valence-corrected chi connectivity index (χ4v) is 4.35. The van der Waals surface area contributed by atoms with Gasteiger partial charge < -0.3 is 14.8 Å². The van der Waals surface area contributed by atoms with E-state index >= 15 is 0 Å². The normalized spacial score (nSPS) is 18.4. The molecule has 0 bridgehead atoms. The maximum Gasteiger partial charge on any atom is 0.255 e. The predicted molar refractivity (Wildman–Crippen MR) is 99.3 cm³/mol. The van der Waals surface area contributed by atoms with Crippen molar-refractivity contribution in [1.29, 1.82) is 0 Å².